The van der Waals surface area contributed by atoms with Gasteiger partial charge in [0.05, 0.1) is 5.39 Å². The van der Waals surface area contributed by atoms with Gasteiger partial charge in [0.2, 0.25) is 5.95 Å². The predicted molar refractivity (Wildman–Crippen MR) is 101 cm³/mol. The molecule has 1 aliphatic heterocycles. The Hall–Kier alpha value is -3.16. The van der Waals surface area contributed by atoms with E-state index in [4.69, 9.17) is 4.42 Å². The van der Waals surface area contributed by atoms with Crippen LogP contribution in [0.4, 0.5) is 5.95 Å². The number of pyridine rings is 1. The Morgan fingerprint density at radius 3 is 2.89 bits per heavy atom. The summed E-state index contributed by atoms with van der Waals surface area (Å²) in [7, 11) is 0. The van der Waals surface area contributed by atoms with Gasteiger partial charge in [-0.3, -0.25) is 9.78 Å². The first-order valence-corrected chi connectivity index (χ1v) is 8.95. The van der Waals surface area contributed by atoms with E-state index in [1.54, 1.807) is 6.92 Å². The van der Waals surface area contributed by atoms with Crippen LogP contribution in [-0.4, -0.2) is 32.6 Å². The summed E-state index contributed by atoms with van der Waals surface area (Å²) in [6.45, 7) is 4.48. The number of anilines is 1. The summed E-state index contributed by atoms with van der Waals surface area (Å²) in [6, 6.07) is 3.12. The van der Waals surface area contributed by atoms with Crippen LogP contribution in [0, 0.1) is 6.92 Å². The summed E-state index contributed by atoms with van der Waals surface area (Å²) in [4.78, 5) is 38.8. The number of aromatic amines is 1. The van der Waals surface area contributed by atoms with Crippen LogP contribution in [0.3, 0.4) is 0 Å². The van der Waals surface area contributed by atoms with Crippen LogP contribution < -0.4 is 16.1 Å². The second-order valence-corrected chi connectivity index (χ2v) is 6.89. The zero-order valence-electron chi connectivity index (χ0n) is 15.2. The van der Waals surface area contributed by atoms with Crippen LogP contribution in [0.5, 0.6) is 5.75 Å². The normalized spacial score (nSPS) is 17.4. The van der Waals surface area contributed by atoms with Crippen LogP contribution in [0.2, 0.25) is 0 Å². The minimum atomic E-state index is -0.715. The topological polar surface area (TPSA) is 112 Å². The molecule has 8 nitrogen and oxygen atoms in total. The molecule has 0 bridgehead atoms. The fourth-order valence-corrected chi connectivity index (χ4v) is 3.65. The zero-order valence-corrected chi connectivity index (χ0v) is 15.2. The first kappa shape index (κ1) is 17.3. The zero-order chi connectivity index (χ0) is 19.1. The maximum absolute atomic E-state index is 12.9. The van der Waals surface area contributed by atoms with E-state index in [2.05, 4.69) is 26.8 Å². The van der Waals surface area contributed by atoms with Gasteiger partial charge in [0, 0.05) is 30.4 Å². The summed E-state index contributed by atoms with van der Waals surface area (Å²) in [6.07, 6.45) is 4.69. The first-order chi connectivity index (χ1) is 13.0. The lowest BCUT2D eigenvalue weighted by Crippen LogP contribution is -2.39. The highest BCUT2D eigenvalue weighted by molar-refractivity contribution is 5.93. The molecule has 8 heteroatoms. The highest BCUT2D eigenvalue weighted by Crippen LogP contribution is 2.30. The van der Waals surface area contributed by atoms with Crippen molar-refractivity contribution in [3.05, 3.63) is 44.9 Å². The molecule has 1 fully saturated rings. The molecule has 0 aromatic carbocycles. The number of hydrogen-bond donors (Lipinski definition) is 2. The van der Waals surface area contributed by atoms with Crippen molar-refractivity contribution in [2.24, 2.45) is 0 Å². The third-order valence-electron chi connectivity index (χ3n) is 4.99. The number of H-pyrrole nitrogens is 1. The van der Waals surface area contributed by atoms with Gasteiger partial charge < -0.3 is 14.4 Å². The molecule has 1 unspecified atom stereocenters. The highest BCUT2D eigenvalue weighted by atomic mass is 16.4. The monoisotopic (exact) mass is 368 g/mol. The van der Waals surface area contributed by atoms with E-state index in [-0.39, 0.29) is 39.7 Å². The van der Waals surface area contributed by atoms with Crippen LogP contribution in [-0.2, 0) is 0 Å². The second-order valence-electron chi connectivity index (χ2n) is 6.89. The van der Waals surface area contributed by atoms with Crippen LogP contribution >= 0.6 is 0 Å². The van der Waals surface area contributed by atoms with Crippen molar-refractivity contribution in [2.75, 3.05) is 11.4 Å². The van der Waals surface area contributed by atoms with E-state index >= 15 is 0 Å². The summed E-state index contributed by atoms with van der Waals surface area (Å²) in [5.74, 6) is 0.516. The van der Waals surface area contributed by atoms with E-state index in [9.17, 15) is 14.7 Å². The molecule has 2 N–H and O–H groups in total. The van der Waals surface area contributed by atoms with E-state index in [0.717, 1.165) is 25.8 Å². The predicted octanol–water partition coefficient (Wildman–Crippen LogP) is 2.33. The molecule has 3 aromatic heterocycles. The van der Waals surface area contributed by atoms with Crippen molar-refractivity contribution in [3.8, 4) is 16.9 Å². The minimum absolute atomic E-state index is 0.0700. The molecule has 1 saturated heterocycles. The molecule has 0 radical (unpaired) electrons. The fourth-order valence-electron chi connectivity index (χ4n) is 3.65. The van der Waals surface area contributed by atoms with Crippen molar-refractivity contribution in [3.63, 3.8) is 0 Å². The number of aromatic nitrogens is 3. The van der Waals surface area contributed by atoms with Gasteiger partial charge in [0.1, 0.15) is 17.1 Å². The molecule has 0 saturated carbocycles. The molecular formula is C19H20N4O4. The number of piperidine rings is 1. The first-order valence-electron chi connectivity index (χ1n) is 8.95. The third kappa shape index (κ3) is 2.97. The summed E-state index contributed by atoms with van der Waals surface area (Å²) < 4.78 is 5.09. The molecule has 0 amide bonds. The lowest BCUT2D eigenvalue weighted by molar-refractivity contribution is 0.438. The molecule has 3 aromatic rings. The summed E-state index contributed by atoms with van der Waals surface area (Å²) in [5.41, 5.74) is -0.718. The second kappa shape index (κ2) is 6.53. The molecule has 1 aliphatic rings. The maximum Gasteiger partial charge on any atom is 0.347 e. The molecular weight excluding hydrogens is 348 g/mol. The molecule has 27 heavy (non-hydrogen) atoms. The van der Waals surface area contributed by atoms with Crippen LogP contribution in [0.25, 0.3) is 22.2 Å². The van der Waals surface area contributed by atoms with Gasteiger partial charge in [-0.15, -0.1) is 0 Å². The van der Waals surface area contributed by atoms with Crippen molar-refractivity contribution in [1.82, 2.24) is 15.0 Å². The number of hydrogen-bond acceptors (Lipinski definition) is 7. The smallest absolute Gasteiger partial charge is 0.347 e. The van der Waals surface area contributed by atoms with Crippen LogP contribution in [0.15, 0.2) is 32.3 Å². The largest absolute Gasteiger partial charge is 0.507 e. The van der Waals surface area contributed by atoms with Gasteiger partial charge in [-0.05, 0) is 39.2 Å². The van der Waals surface area contributed by atoms with E-state index < -0.39 is 11.2 Å². The van der Waals surface area contributed by atoms with Crippen molar-refractivity contribution in [2.45, 2.75) is 39.2 Å². The molecule has 4 rings (SSSR count). The number of nitrogens with zero attached hydrogens (tertiary/aromatic N) is 3. The van der Waals surface area contributed by atoms with Gasteiger partial charge in [-0.25, -0.2) is 9.78 Å². The Kier molecular flexibility index (Phi) is 4.18. The Labute approximate surface area is 154 Å². The SMILES string of the molecule is Cc1cc(O)c(-c2ccnc3nc(N4CCCCC4C)[nH]c(=O)c23)c(=O)o1. The van der Waals surface area contributed by atoms with E-state index in [0.29, 0.717) is 5.95 Å². The molecule has 0 aliphatic carbocycles. The van der Waals surface area contributed by atoms with Gasteiger partial charge in [0.25, 0.3) is 5.56 Å². The quantitative estimate of drug-likeness (QED) is 0.714. The number of aromatic hydroxyl groups is 1. The van der Waals surface area contributed by atoms with E-state index in [1.807, 2.05) is 0 Å². The Morgan fingerprint density at radius 2 is 2.15 bits per heavy atom. The lowest BCUT2D eigenvalue weighted by Gasteiger charge is -2.33. The van der Waals surface area contributed by atoms with Crippen molar-refractivity contribution in [1.29, 1.82) is 0 Å². The third-order valence-corrected chi connectivity index (χ3v) is 4.99. The Balaban J connectivity index is 1.93. The standard InChI is InChI=1S/C19H20N4O4/c1-10-5-3-4-8-23(10)19-21-16-15(17(25)22-19)12(6-7-20-16)14-13(24)9-11(2)27-18(14)26/h6-7,9-10,24H,3-5,8H2,1-2H3,(H,20,21,22,25). The van der Waals surface area contributed by atoms with Gasteiger partial charge in [-0.1, -0.05) is 0 Å². The van der Waals surface area contributed by atoms with Crippen LogP contribution in [0.1, 0.15) is 31.9 Å². The lowest BCUT2D eigenvalue weighted by atomic mass is 10.0. The number of fused-ring (bicyclic) bond motifs is 1. The van der Waals surface area contributed by atoms with E-state index in [1.165, 1.54) is 18.3 Å². The van der Waals surface area contributed by atoms with Crippen molar-refractivity contribution < 1.29 is 9.52 Å². The maximum atomic E-state index is 12.9. The average Bonchev–Trinajstić information content (AvgIpc) is 2.61. The average molecular weight is 368 g/mol. The molecule has 0 spiro atoms. The molecule has 140 valence electrons. The molecule has 4 heterocycles. The van der Waals surface area contributed by atoms with Gasteiger partial charge >= 0.3 is 5.63 Å². The summed E-state index contributed by atoms with van der Waals surface area (Å²) >= 11 is 0. The minimum Gasteiger partial charge on any atom is -0.507 e. The Bertz CT molecular complexity index is 1130. The number of nitrogens with one attached hydrogen (secondary N) is 1. The number of aryl methyl sites for hydroxylation is 1. The fraction of sp³-hybridized carbons (Fsp3) is 0.368. The molecule has 1 atom stereocenters. The summed E-state index contributed by atoms with van der Waals surface area (Å²) in [5, 5.41) is 10.4. The van der Waals surface area contributed by atoms with Crippen molar-refractivity contribution >= 4 is 17.0 Å². The van der Waals surface area contributed by atoms with Gasteiger partial charge in [-0.2, -0.15) is 4.98 Å². The number of rotatable bonds is 2. The highest BCUT2D eigenvalue weighted by Gasteiger charge is 2.23. The van der Waals surface area contributed by atoms with Gasteiger partial charge in [0.15, 0.2) is 5.65 Å². The Morgan fingerprint density at radius 1 is 1.33 bits per heavy atom.